The summed E-state index contributed by atoms with van der Waals surface area (Å²) in [5.41, 5.74) is 1.11. The Morgan fingerprint density at radius 3 is 2.47 bits per heavy atom. The van der Waals surface area contributed by atoms with Gasteiger partial charge in [0.05, 0.1) is 6.61 Å². The van der Waals surface area contributed by atoms with Gasteiger partial charge in [-0.15, -0.1) is 0 Å². The van der Waals surface area contributed by atoms with Gasteiger partial charge in [-0.05, 0) is 37.5 Å². The second-order valence-corrected chi connectivity index (χ2v) is 5.12. The van der Waals surface area contributed by atoms with Crippen LogP contribution in [0, 0.1) is 18.2 Å². The minimum Gasteiger partial charge on any atom is -0.490 e. The number of hydrogen-bond donors (Lipinski definition) is 0. The van der Waals surface area contributed by atoms with E-state index in [0.717, 1.165) is 23.7 Å². The van der Waals surface area contributed by atoms with Gasteiger partial charge in [0.2, 0.25) is 0 Å². The van der Waals surface area contributed by atoms with Crippen LogP contribution in [0.2, 0.25) is 0 Å². The summed E-state index contributed by atoms with van der Waals surface area (Å²) in [6.07, 6.45) is 2.03. The number of aryl methyl sites for hydroxylation is 1. The standard InChI is InChI=1S/C14H20BrFO/c1-4-14(5-2,9-15)10-17-13-8-11(3)6-7-12(13)16/h6-8H,4-5,9-10H2,1-3H3. The number of halogens is 2. The molecule has 96 valence electrons. The molecule has 0 aliphatic heterocycles. The lowest BCUT2D eigenvalue weighted by Gasteiger charge is -2.29. The summed E-state index contributed by atoms with van der Waals surface area (Å²) in [6, 6.07) is 4.96. The van der Waals surface area contributed by atoms with Gasteiger partial charge in [0.15, 0.2) is 11.6 Å². The van der Waals surface area contributed by atoms with E-state index in [9.17, 15) is 4.39 Å². The van der Waals surface area contributed by atoms with Gasteiger partial charge in [-0.25, -0.2) is 4.39 Å². The third kappa shape index (κ3) is 3.70. The van der Waals surface area contributed by atoms with Crippen molar-refractivity contribution in [3.05, 3.63) is 29.6 Å². The van der Waals surface area contributed by atoms with E-state index in [0.29, 0.717) is 12.4 Å². The average molecular weight is 303 g/mol. The van der Waals surface area contributed by atoms with Crippen molar-refractivity contribution in [1.29, 1.82) is 0 Å². The summed E-state index contributed by atoms with van der Waals surface area (Å²) in [5, 5.41) is 0.875. The van der Waals surface area contributed by atoms with Gasteiger partial charge in [-0.2, -0.15) is 0 Å². The lowest BCUT2D eigenvalue weighted by Crippen LogP contribution is -2.29. The molecule has 1 rings (SSSR count). The van der Waals surface area contributed by atoms with E-state index in [1.54, 1.807) is 12.1 Å². The quantitative estimate of drug-likeness (QED) is 0.691. The summed E-state index contributed by atoms with van der Waals surface area (Å²) in [5.74, 6) is 0.0727. The predicted octanol–water partition coefficient (Wildman–Crippen LogP) is 4.71. The molecule has 0 aliphatic rings. The highest BCUT2D eigenvalue weighted by atomic mass is 79.9. The molecule has 17 heavy (non-hydrogen) atoms. The molecule has 0 saturated heterocycles. The molecule has 0 spiro atoms. The van der Waals surface area contributed by atoms with E-state index in [1.807, 2.05) is 6.92 Å². The lowest BCUT2D eigenvalue weighted by molar-refractivity contribution is 0.153. The fourth-order valence-corrected chi connectivity index (χ4v) is 2.59. The van der Waals surface area contributed by atoms with Crippen LogP contribution in [0.25, 0.3) is 0 Å². The Bertz CT molecular complexity index is 353. The van der Waals surface area contributed by atoms with Gasteiger partial charge in [0, 0.05) is 10.7 Å². The van der Waals surface area contributed by atoms with Crippen molar-refractivity contribution < 1.29 is 9.13 Å². The molecular formula is C14H20BrFO. The highest BCUT2D eigenvalue weighted by molar-refractivity contribution is 9.09. The summed E-state index contributed by atoms with van der Waals surface area (Å²) < 4.78 is 19.2. The van der Waals surface area contributed by atoms with Crippen LogP contribution in [-0.2, 0) is 0 Å². The van der Waals surface area contributed by atoms with Crippen LogP contribution < -0.4 is 4.74 Å². The smallest absolute Gasteiger partial charge is 0.165 e. The largest absolute Gasteiger partial charge is 0.490 e. The van der Waals surface area contributed by atoms with Gasteiger partial charge in [-0.3, -0.25) is 0 Å². The minimum absolute atomic E-state index is 0.0934. The maximum atomic E-state index is 13.5. The summed E-state index contributed by atoms with van der Waals surface area (Å²) in [6.45, 7) is 6.76. The van der Waals surface area contributed by atoms with Crippen molar-refractivity contribution in [2.75, 3.05) is 11.9 Å². The Kier molecular flexibility index (Phi) is 5.44. The van der Waals surface area contributed by atoms with Crippen LogP contribution in [0.4, 0.5) is 4.39 Å². The Morgan fingerprint density at radius 1 is 1.29 bits per heavy atom. The molecule has 0 atom stereocenters. The van der Waals surface area contributed by atoms with Crippen molar-refractivity contribution in [3.63, 3.8) is 0 Å². The van der Waals surface area contributed by atoms with E-state index in [2.05, 4.69) is 29.8 Å². The number of alkyl halides is 1. The Hall–Kier alpha value is -0.570. The molecule has 1 aromatic rings. The van der Waals surface area contributed by atoms with E-state index in [-0.39, 0.29) is 11.2 Å². The first-order valence-electron chi connectivity index (χ1n) is 6.02. The molecule has 0 saturated carbocycles. The molecule has 1 aromatic carbocycles. The molecular weight excluding hydrogens is 283 g/mol. The van der Waals surface area contributed by atoms with Crippen molar-refractivity contribution in [1.82, 2.24) is 0 Å². The lowest BCUT2D eigenvalue weighted by atomic mass is 9.86. The number of ether oxygens (including phenoxy) is 1. The summed E-state index contributed by atoms with van der Waals surface area (Å²) >= 11 is 3.53. The van der Waals surface area contributed by atoms with Gasteiger partial charge < -0.3 is 4.74 Å². The highest BCUT2D eigenvalue weighted by Gasteiger charge is 2.26. The average Bonchev–Trinajstić information content (AvgIpc) is 2.35. The molecule has 0 N–H and O–H groups in total. The molecule has 0 bridgehead atoms. The number of rotatable bonds is 6. The molecule has 1 nitrogen and oxygen atoms in total. The highest BCUT2D eigenvalue weighted by Crippen LogP contribution is 2.30. The zero-order valence-electron chi connectivity index (χ0n) is 10.7. The fraction of sp³-hybridized carbons (Fsp3) is 0.571. The SMILES string of the molecule is CCC(CC)(CBr)COc1cc(C)ccc1F. The van der Waals surface area contributed by atoms with Crippen LogP contribution in [0.5, 0.6) is 5.75 Å². The van der Waals surface area contributed by atoms with E-state index in [4.69, 9.17) is 4.74 Å². The van der Waals surface area contributed by atoms with Crippen LogP contribution in [-0.4, -0.2) is 11.9 Å². The van der Waals surface area contributed by atoms with Crippen LogP contribution in [0.15, 0.2) is 18.2 Å². The molecule has 0 radical (unpaired) electrons. The molecule has 0 amide bonds. The van der Waals surface area contributed by atoms with Crippen molar-refractivity contribution in [2.24, 2.45) is 5.41 Å². The third-order valence-corrected chi connectivity index (χ3v) is 4.59. The monoisotopic (exact) mass is 302 g/mol. The topological polar surface area (TPSA) is 9.23 Å². The minimum atomic E-state index is -0.286. The molecule has 3 heteroatoms. The zero-order valence-corrected chi connectivity index (χ0v) is 12.3. The Morgan fingerprint density at radius 2 is 1.94 bits per heavy atom. The maximum Gasteiger partial charge on any atom is 0.165 e. The van der Waals surface area contributed by atoms with Crippen molar-refractivity contribution >= 4 is 15.9 Å². The second-order valence-electron chi connectivity index (χ2n) is 4.56. The van der Waals surface area contributed by atoms with E-state index < -0.39 is 0 Å². The normalized spacial score (nSPS) is 11.6. The molecule has 0 fully saturated rings. The van der Waals surface area contributed by atoms with Crippen LogP contribution in [0.3, 0.4) is 0 Å². The number of hydrogen-bond acceptors (Lipinski definition) is 1. The first-order valence-corrected chi connectivity index (χ1v) is 7.14. The first-order chi connectivity index (χ1) is 8.06. The van der Waals surface area contributed by atoms with Crippen molar-refractivity contribution in [2.45, 2.75) is 33.6 Å². The van der Waals surface area contributed by atoms with Gasteiger partial charge in [-0.1, -0.05) is 35.8 Å². The first kappa shape index (κ1) is 14.5. The second kappa shape index (κ2) is 6.39. The van der Waals surface area contributed by atoms with Crippen molar-refractivity contribution in [3.8, 4) is 5.75 Å². The number of benzene rings is 1. The maximum absolute atomic E-state index is 13.5. The summed E-state index contributed by atoms with van der Waals surface area (Å²) in [7, 11) is 0. The van der Waals surface area contributed by atoms with E-state index in [1.165, 1.54) is 6.07 Å². The molecule has 0 aromatic heterocycles. The van der Waals surface area contributed by atoms with Gasteiger partial charge in [0.1, 0.15) is 0 Å². The molecule has 0 aliphatic carbocycles. The predicted molar refractivity (Wildman–Crippen MR) is 73.4 cm³/mol. The Labute approximate surface area is 111 Å². The van der Waals surface area contributed by atoms with Crippen LogP contribution in [0.1, 0.15) is 32.3 Å². The Balaban J connectivity index is 2.75. The fourth-order valence-electron chi connectivity index (χ4n) is 1.63. The van der Waals surface area contributed by atoms with Gasteiger partial charge in [0.25, 0.3) is 0 Å². The molecule has 0 heterocycles. The third-order valence-electron chi connectivity index (χ3n) is 3.40. The zero-order chi connectivity index (χ0) is 12.9. The summed E-state index contributed by atoms with van der Waals surface area (Å²) in [4.78, 5) is 0. The molecule has 0 unspecified atom stereocenters. The van der Waals surface area contributed by atoms with Gasteiger partial charge >= 0.3 is 0 Å². The van der Waals surface area contributed by atoms with E-state index >= 15 is 0 Å². The van der Waals surface area contributed by atoms with Crippen LogP contribution >= 0.6 is 15.9 Å².